The van der Waals surface area contributed by atoms with Crippen LogP contribution in [-0.4, -0.2) is 37.1 Å². The average molecular weight is 353 g/mol. The van der Waals surface area contributed by atoms with E-state index >= 15 is 0 Å². The molecule has 1 aromatic rings. The Labute approximate surface area is 148 Å². The van der Waals surface area contributed by atoms with Crippen molar-refractivity contribution in [1.29, 1.82) is 0 Å². The summed E-state index contributed by atoms with van der Waals surface area (Å²) in [5, 5.41) is 6.29. The molecule has 1 fully saturated rings. The molecule has 0 radical (unpaired) electrons. The molecule has 2 rings (SSSR count). The van der Waals surface area contributed by atoms with Gasteiger partial charge in [-0.15, -0.1) is 0 Å². The molecule has 1 saturated heterocycles. The summed E-state index contributed by atoms with van der Waals surface area (Å²) in [6, 6.07) is 6.05. The molecule has 2 atom stereocenters. The quantitative estimate of drug-likeness (QED) is 0.793. The molecule has 2 amide bonds. The highest BCUT2D eigenvalue weighted by Crippen LogP contribution is 2.12. The Kier molecular flexibility index (Phi) is 7.06. The molecule has 0 saturated carbocycles. The van der Waals surface area contributed by atoms with Gasteiger partial charge in [0.2, 0.25) is 5.91 Å². The maximum absolute atomic E-state index is 12.5. The summed E-state index contributed by atoms with van der Waals surface area (Å²) in [5.74, 6) is -0.153. The van der Waals surface area contributed by atoms with Crippen molar-refractivity contribution in [3.8, 4) is 0 Å². The molecule has 132 valence electrons. The van der Waals surface area contributed by atoms with Crippen molar-refractivity contribution >= 4 is 23.4 Å². The lowest BCUT2D eigenvalue weighted by atomic mass is 10.0. The summed E-state index contributed by atoms with van der Waals surface area (Å²) >= 11 is 5.84. The third-order valence-corrected chi connectivity index (χ3v) is 4.22. The molecule has 0 spiro atoms. The second-order valence-corrected chi connectivity index (χ2v) is 6.98. The topological polar surface area (TPSA) is 67.4 Å². The highest BCUT2D eigenvalue weighted by Gasteiger charge is 2.24. The van der Waals surface area contributed by atoms with Gasteiger partial charge >= 0.3 is 0 Å². The minimum atomic E-state index is -0.561. The second-order valence-electron chi connectivity index (χ2n) is 6.54. The van der Waals surface area contributed by atoms with Gasteiger partial charge < -0.3 is 15.4 Å². The van der Waals surface area contributed by atoms with Crippen LogP contribution in [0.3, 0.4) is 0 Å². The van der Waals surface area contributed by atoms with Crippen molar-refractivity contribution in [2.24, 2.45) is 5.92 Å². The first-order valence-corrected chi connectivity index (χ1v) is 8.79. The van der Waals surface area contributed by atoms with E-state index in [-0.39, 0.29) is 23.8 Å². The Morgan fingerprint density at radius 1 is 1.29 bits per heavy atom. The number of rotatable bonds is 7. The predicted molar refractivity (Wildman–Crippen MR) is 94.1 cm³/mol. The third-order valence-electron chi connectivity index (χ3n) is 3.96. The number of benzene rings is 1. The number of hydrogen-bond acceptors (Lipinski definition) is 3. The Morgan fingerprint density at radius 3 is 2.58 bits per heavy atom. The van der Waals surface area contributed by atoms with E-state index < -0.39 is 6.04 Å². The van der Waals surface area contributed by atoms with E-state index in [4.69, 9.17) is 16.3 Å². The molecule has 24 heavy (non-hydrogen) atoms. The highest BCUT2D eigenvalue weighted by molar-refractivity contribution is 6.30. The van der Waals surface area contributed by atoms with Gasteiger partial charge in [-0.25, -0.2) is 0 Å². The number of nitrogens with one attached hydrogen (secondary N) is 2. The summed E-state index contributed by atoms with van der Waals surface area (Å²) < 4.78 is 5.51. The molecule has 5 nitrogen and oxygen atoms in total. The fourth-order valence-corrected chi connectivity index (χ4v) is 2.81. The fraction of sp³-hybridized carbons (Fsp3) is 0.556. The fourth-order valence-electron chi connectivity index (χ4n) is 2.69. The second kappa shape index (κ2) is 9.04. The van der Waals surface area contributed by atoms with E-state index in [0.29, 0.717) is 23.6 Å². The zero-order valence-corrected chi connectivity index (χ0v) is 14.9. The molecule has 1 aliphatic rings. The molecular formula is C18H25ClN2O3. The van der Waals surface area contributed by atoms with Crippen molar-refractivity contribution in [3.63, 3.8) is 0 Å². The number of ether oxygens (including phenoxy) is 1. The third kappa shape index (κ3) is 5.80. The largest absolute Gasteiger partial charge is 0.376 e. The van der Waals surface area contributed by atoms with Crippen molar-refractivity contribution in [3.05, 3.63) is 34.9 Å². The summed E-state index contributed by atoms with van der Waals surface area (Å²) in [5.41, 5.74) is 0.486. The van der Waals surface area contributed by atoms with Crippen LogP contribution in [0.1, 0.15) is 43.5 Å². The van der Waals surface area contributed by atoms with Crippen molar-refractivity contribution in [1.82, 2.24) is 10.6 Å². The summed E-state index contributed by atoms with van der Waals surface area (Å²) in [7, 11) is 0. The minimum Gasteiger partial charge on any atom is -0.376 e. The first-order valence-electron chi connectivity index (χ1n) is 8.41. The van der Waals surface area contributed by atoms with Crippen LogP contribution in [0.5, 0.6) is 0 Å². The number of carbonyl (C=O) groups excluding carboxylic acids is 2. The number of amides is 2. The van der Waals surface area contributed by atoms with Crippen LogP contribution >= 0.6 is 11.6 Å². The first-order chi connectivity index (χ1) is 11.5. The molecule has 2 unspecified atom stereocenters. The Bertz CT molecular complexity index is 554. The summed E-state index contributed by atoms with van der Waals surface area (Å²) in [4.78, 5) is 24.8. The first kappa shape index (κ1) is 18.7. The normalized spacial score (nSPS) is 18.4. The number of hydrogen-bond donors (Lipinski definition) is 2. The van der Waals surface area contributed by atoms with Gasteiger partial charge in [0, 0.05) is 23.7 Å². The molecule has 2 N–H and O–H groups in total. The Morgan fingerprint density at radius 2 is 2.00 bits per heavy atom. The minimum absolute atomic E-state index is 0.0839. The Hall–Kier alpha value is -1.59. The molecule has 1 heterocycles. The lowest BCUT2D eigenvalue weighted by Gasteiger charge is -2.21. The van der Waals surface area contributed by atoms with E-state index in [9.17, 15) is 9.59 Å². The summed E-state index contributed by atoms with van der Waals surface area (Å²) in [6.07, 6.45) is 2.66. The molecule has 6 heteroatoms. The lowest BCUT2D eigenvalue weighted by molar-refractivity contribution is -0.123. The zero-order valence-electron chi connectivity index (χ0n) is 14.2. The van der Waals surface area contributed by atoms with Crippen LogP contribution in [0.2, 0.25) is 5.02 Å². The molecule has 0 bridgehead atoms. The van der Waals surface area contributed by atoms with Crippen LogP contribution in [-0.2, 0) is 9.53 Å². The van der Waals surface area contributed by atoms with Gasteiger partial charge in [0.05, 0.1) is 6.10 Å². The van der Waals surface area contributed by atoms with Gasteiger partial charge in [-0.3, -0.25) is 9.59 Å². The van der Waals surface area contributed by atoms with Gasteiger partial charge in [-0.05, 0) is 49.4 Å². The summed E-state index contributed by atoms with van der Waals surface area (Å²) in [6.45, 7) is 5.29. The number of carbonyl (C=O) groups is 2. The van der Waals surface area contributed by atoms with Crippen molar-refractivity contribution < 1.29 is 14.3 Å². The smallest absolute Gasteiger partial charge is 0.251 e. The number of halogens is 1. The van der Waals surface area contributed by atoms with Crippen LogP contribution in [0.25, 0.3) is 0 Å². The predicted octanol–water partition coefficient (Wildman–Crippen LogP) is 2.78. The lowest BCUT2D eigenvalue weighted by Crippen LogP contribution is -2.48. The maximum atomic E-state index is 12.5. The van der Waals surface area contributed by atoms with Gasteiger partial charge in [-0.1, -0.05) is 25.4 Å². The standard InChI is InChI=1S/C18H25ClN2O3/c1-12(2)10-16(18(23)20-11-15-4-3-9-24-15)21-17(22)13-5-7-14(19)8-6-13/h5-8,12,15-16H,3-4,9-11H2,1-2H3,(H,20,23)(H,21,22). The molecule has 1 aliphatic heterocycles. The van der Waals surface area contributed by atoms with E-state index in [0.717, 1.165) is 19.4 Å². The van der Waals surface area contributed by atoms with E-state index in [2.05, 4.69) is 10.6 Å². The van der Waals surface area contributed by atoms with E-state index in [1.54, 1.807) is 24.3 Å². The van der Waals surface area contributed by atoms with Crippen molar-refractivity contribution in [2.45, 2.75) is 45.3 Å². The monoisotopic (exact) mass is 352 g/mol. The van der Waals surface area contributed by atoms with Crippen molar-refractivity contribution in [2.75, 3.05) is 13.2 Å². The molecular weight excluding hydrogens is 328 g/mol. The van der Waals surface area contributed by atoms with E-state index in [1.165, 1.54) is 0 Å². The average Bonchev–Trinajstić information content (AvgIpc) is 3.05. The van der Waals surface area contributed by atoms with Crippen LogP contribution in [0, 0.1) is 5.92 Å². The molecule has 0 aromatic heterocycles. The van der Waals surface area contributed by atoms with Gasteiger partial charge in [0.15, 0.2) is 0 Å². The Balaban J connectivity index is 1.94. The SMILES string of the molecule is CC(C)CC(NC(=O)c1ccc(Cl)cc1)C(=O)NCC1CCCO1. The molecule has 1 aromatic carbocycles. The van der Waals surface area contributed by atoms with Gasteiger partial charge in [0.25, 0.3) is 5.91 Å². The van der Waals surface area contributed by atoms with Gasteiger partial charge in [-0.2, -0.15) is 0 Å². The van der Waals surface area contributed by atoms with Crippen LogP contribution in [0.15, 0.2) is 24.3 Å². The zero-order chi connectivity index (χ0) is 17.5. The van der Waals surface area contributed by atoms with Crippen LogP contribution in [0.4, 0.5) is 0 Å². The highest BCUT2D eigenvalue weighted by atomic mass is 35.5. The maximum Gasteiger partial charge on any atom is 0.251 e. The van der Waals surface area contributed by atoms with E-state index in [1.807, 2.05) is 13.8 Å². The molecule has 0 aliphatic carbocycles. The van der Waals surface area contributed by atoms with Crippen LogP contribution < -0.4 is 10.6 Å². The van der Waals surface area contributed by atoms with Gasteiger partial charge in [0.1, 0.15) is 6.04 Å².